The molecule has 0 radical (unpaired) electrons. The summed E-state index contributed by atoms with van der Waals surface area (Å²) < 4.78 is 11.4. The number of hydrogen-bond acceptors (Lipinski definition) is 8. The van der Waals surface area contributed by atoms with Gasteiger partial charge in [-0.3, -0.25) is 9.59 Å². The quantitative estimate of drug-likeness (QED) is 0.250. The van der Waals surface area contributed by atoms with Gasteiger partial charge in [0.1, 0.15) is 17.1 Å². The number of anilines is 3. The van der Waals surface area contributed by atoms with Crippen molar-refractivity contribution in [2.45, 2.75) is 19.8 Å². The van der Waals surface area contributed by atoms with Crippen LogP contribution in [-0.4, -0.2) is 39.5 Å². The summed E-state index contributed by atoms with van der Waals surface area (Å²) in [6.07, 6.45) is 1.38. The van der Waals surface area contributed by atoms with Crippen molar-refractivity contribution < 1.29 is 9.47 Å². The number of fused-ring (bicyclic) bond motifs is 1. The van der Waals surface area contributed by atoms with Crippen LogP contribution in [0.1, 0.15) is 18.9 Å². The summed E-state index contributed by atoms with van der Waals surface area (Å²) in [6, 6.07) is 16.3. The van der Waals surface area contributed by atoms with Crippen LogP contribution in [0.4, 0.5) is 17.1 Å². The maximum atomic E-state index is 13.2. The highest BCUT2D eigenvalue weighted by atomic mass is 16.5. The first-order chi connectivity index (χ1) is 17.6. The van der Waals surface area contributed by atoms with Gasteiger partial charge in [-0.15, -0.1) is 4.91 Å². The van der Waals surface area contributed by atoms with Crippen molar-refractivity contribution in [3.8, 4) is 16.9 Å². The standard InChI is InChI=1S/C27H30N4O5/c1-2-36-23-18-20(31-14-16-35-17-15-31)12-11-19(23)8-7-13-28-24-25(29-30-34)27(33)22-10-6-4-3-5-9-21(22)26(24)32/h3-6,9-12,18,28H,2,7-8,13-17H2,1H3,(H,29,34). The minimum absolute atomic E-state index is 0.0497. The van der Waals surface area contributed by atoms with Crippen molar-refractivity contribution in [2.24, 2.45) is 5.29 Å². The van der Waals surface area contributed by atoms with Gasteiger partial charge in [0.2, 0.25) is 10.9 Å². The summed E-state index contributed by atoms with van der Waals surface area (Å²) in [7, 11) is 0. The van der Waals surface area contributed by atoms with Gasteiger partial charge in [0, 0.05) is 42.5 Å². The topological polar surface area (TPSA) is 109 Å². The fourth-order valence-electron chi connectivity index (χ4n) is 4.37. The zero-order valence-corrected chi connectivity index (χ0v) is 20.3. The zero-order chi connectivity index (χ0) is 25.3. The number of nitrogens with one attached hydrogen (secondary N) is 2. The van der Waals surface area contributed by atoms with E-state index >= 15 is 0 Å². The van der Waals surface area contributed by atoms with Crippen LogP contribution in [0.2, 0.25) is 0 Å². The molecule has 0 saturated carbocycles. The first kappa shape index (κ1) is 25.1. The van der Waals surface area contributed by atoms with E-state index in [9.17, 15) is 14.5 Å². The largest absolute Gasteiger partial charge is 0.494 e. The third-order valence-corrected chi connectivity index (χ3v) is 6.15. The van der Waals surface area contributed by atoms with E-state index in [-0.39, 0.29) is 27.9 Å². The summed E-state index contributed by atoms with van der Waals surface area (Å²) in [6.45, 7) is 6.06. The number of nitroso groups, excluding NO2 is 1. The Morgan fingerprint density at radius 1 is 0.972 bits per heavy atom. The van der Waals surface area contributed by atoms with Gasteiger partial charge in [0.25, 0.3) is 0 Å². The van der Waals surface area contributed by atoms with Crippen molar-refractivity contribution in [3.63, 3.8) is 0 Å². The molecule has 3 aliphatic rings. The van der Waals surface area contributed by atoms with Gasteiger partial charge in [-0.2, -0.15) is 0 Å². The molecular formula is C27H30N4O5. The van der Waals surface area contributed by atoms with Crippen LogP contribution >= 0.6 is 0 Å². The molecule has 9 heteroatoms. The lowest BCUT2D eigenvalue weighted by molar-refractivity contribution is 0.122. The summed E-state index contributed by atoms with van der Waals surface area (Å²) in [5, 5.41) is 5.72. The number of rotatable bonds is 10. The van der Waals surface area contributed by atoms with E-state index in [2.05, 4.69) is 39.1 Å². The molecule has 1 heterocycles. The second-order valence-corrected chi connectivity index (χ2v) is 8.40. The number of benzene rings is 2. The van der Waals surface area contributed by atoms with E-state index in [4.69, 9.17) is 9.47 Å². The maximum absolute atomic E-state index is 13.2. The van der Waals surface area contributed by atoms with Crippen LogP contribution in [0.25, 0.3) is 11.1 Å². The predicted molar refractivity (Wildman–Crippen MR) is 142 cm³/mol. The van der Waals surface area contributed by atoms with Crippen LogP contribution in [-0.2, 0) is 11.2 Å². The van der Waals surface area contributed by atoms with E-state index in [0.717, 1.165) is 30.1 Å². The average Bonchev–Trinajstić information content (AvgIpc) is 2.88. The zero-order valence-electron chi connectivity index (χ0n) is 20.3. The maximum Gasteiger partial charge on any atom is 0.213 e. The molecule has 1 aliphatic heterocycles. The van der Waals surface area contributed by atoms with Crippen molar-refractivity contribution in [3.05, 3.63) is 85.5 Å². The van der Waals surface area contributed by atoms with Crippen molar-refractivity contribution in [2.75, 3.05) is 55.1 Å². The van der Waals surface area contributed by atoms with Gasteiger partial charge < -0.3 is 19.7 Å². The van der Waals surface area contributed by atoms with Gasteiger partial charge in [-0.1, -0.05) is 42.5 Å². The van der Waals surface area contributed by atoms with Crippen molar-refractivity contribution in [1.82, 2.24) is 0 Å². The van der Waals surface area contributed by atoms with E-state index in [1.807, 2.05) is 6.92 Å². The lowest BCUT2D eigenvalue weighted by Gasteiger charge is -2.29. The molecule has 0 spiro atoms. The minimum atomic E-state index is -0.458. The van der Waals surface area contributed by atoms with Crippen LogP contribution in [0.15, 0.2) is 69.5 Å². The molecule has 2 aliphatic carbocycles. The fraction of sp³-hybridized carbons (Fsp3) is 0.333. The van der Waals surface area contributed by atoms with Crippen LogP contribution in [0.3, 0.4) is 0 Å². The molecule has 36 heavy (non-hydrogen) atoms. The van der Waals surface area contributed by atoms with Gasteiger partial charge in [-0.05, 0) is 31.4 Å². The summed E-state index contributed by atoms with van der Waals surface area (Å²) >= 11 is 0. The summed E-state index contributed by atoms with van der Waals surface area (Å²) in [5.74, 6) is 0.839. The Hall–Kier alpha value is -3.98. The average molecular weight is 491 g/mol. The normalized spacial score (nSPS) is 13.3. The Bertz CT molecular complexity index is 1290. The molecular weight excluding hydrogens is 460 g/mol. The number of aryl methyl sites for hydroxylation is 1. The molecule has 1 saturated heterocycles. The van der Waals surface area contributed by atoms with Crippen LogP contribution in [0.5, 0.6) is 5.75 Å². The molecule has 4 rings (SSSR count). The van der Waals surface area contributed by atoms with E-state index in [0.29, 0.717) is 39.2 Å². The van der Waals surface area contributed by atoms with Crippen molar-refractivity contribution in [1.29, 1.82) is 0 Å². The highest BCUT2D eigenvalue weighted by Gasteiger charge is 2.20. The van der Waals surface area contributed by atoms with Gasteiger partial charge >= 0.3 is 0 Å². The third kappa shape index (κ3) is 5.63. The molecule has 1 fully saturated rings. The highest BCUT2D eigenvalue weighted by molar-refractivity contribution is 5.81. The van der Waals surface area contributed by atoms with E-state index in [1.165, 1.54) is 0 Å². The number of hydrogen-bond donors (Lipinski definition) is 2. The molecule has 0 bridgehead atoms. The Morgan fingerprint density at radius 2 is 1.67 bits per heavy atom. The van der Waals surface area contributed by atoms with E-state index < -0.39 is 5.43 Å². The molecule has 9 nitrogen and oxygen atoms in total. The molecule has 2 N–H and O–H groups in total. The van der Waals surface area contributed by atoms with E-state index in [1.54, 1.807) is 36.4 Å². The minimum Gasteiger partial charge on any atom is -0.494 e. The lowest BCUT2D eigenvalue weighted by Crippen LogP contribution is -2.36. The molecule has 0 aromatic heterocycles. The highest BCUT2D eigenvalue weighted by Crippen LogP contribution is 2.28. The second-order valence-electron chi connectivity index (χ2n) is 8.40. The lowest BCUT2D eigenvalue weighted by atomic mass is 10.0. The summed E-state index contributed by atoms with van der Waals surface area (Å²) in [5.41, 5.74) is 3.94. The van der Waals surface area contributed by atoms with Gasteiger partial charge in [0.15, 0.2) is 0 Å². The SMILES string of the molecule is CCOc1cc(N2CCOCC2)ccc1CCCNc1c(NN=O)c(=O)c2ccccccc-2c1=O. The molecule has 0 amide bonds. The van der Waals surface area contributed by atoms with Gasteiger partial charge in [0.05, 0.1) is 25.1 Å². The monoisotopic (exact) mass is 490 g/mol. The third-order valence-electron chi connectivity index (χ3n) is 6.15. The Kier molecular flexibility index (Phi) is 8.46. The van der Waals surface area contributed by atoms with Crippen molar-refractivity contribution >= 4 is 17.1 Å². The van der Waals surface area contributed by atoms with Crippen LogP contribution in [0, 0.1) is 4.91 Å². The smallest absolute Gasteiger partial charge is 0.213 e. The molecule has 188 valence electrons. The second kappa shape index (κ2) is 12.1. The first-order valence-corrected chi connectivity index (χ1v) is 12.1. The van der Waals surface area contributed by atoms with Gasteiger partial charge in [-0.25, -0.2) is 5.43 Å². The Labute approximate surface area is 209 Å². The predicted octanol–water partition coefficient (Wildman–Crippen LogP) is 3.89. The molecule has 0 atom stereocenters. The number of morpholine rings is 1. The first-order valence-electron chi connectivity index (χ1n) is 12.1. The molecule has 1 aromatic rings. The Balaban J connectivity index is 1.52. The van der Waals surface area contributed by atoms with Crippen LogP contribution < -0.4 is 31.2 Å². The number of ether oxygens (including phenoxy) is 2. The summed E-state index contributed by atoms with van der Waals surface area (Å²) in [4.78, 5) is 39.4. The molecule has 0 unspecified atom stereocenters. The Morgan fingerprint density at radius 3 is 2.33 bits per heavy atom. The fourth-order valence-corrected chi connectivity index (χ4v) is 4.37. The number of nitrogens with zero attached hydrogens (tertiary/aromatic N) is 2. The molecule has 1 aromatic carbocycles.